The topological polar surface area (TPSA) is 65.7 Å². The van der Waals surface area contributed by atoms with Crippen LogP contribution in [0.3, 0.4) is 0 Å². The van der Waals surface area contributed by atoms with E-state index in [1.807, 2.05) is 0 Å². The van der Waals surface area contributed by atoms with Gasteiger partial charge in [-0.15, -0.1) is 0 Å². The lowest BCUT2D eigenvalue weighted by Crippen LogP contribution is -2.38. The molecule has 15 heavy (non-hydrogen) atoms. The zero-order chi connectivity index (χ0) is 11.9. The normalized spacial score (nSPS) is 12.9. The van der Waals surface area contributed by atoms with Gasteiger partial charge in [-0.1, -0.05) is 0 Å². The lowest BCUT2D eigenvalue weighted by Gasteiger charge is -2.18. The summed E-state index contributed by atoms with van der Waals surface area (Å²) in [6.45, 7) is 0. The van der Waals surface area contributed by atoms with Crippen molar-refractivity contribution in [3.05, 3.63) is 32.6 Å². The first-order valence-electron chi connectivity index (χ1n) is 3.43. The van der Waals surface area contributed by atoms with Gasteiger partial charge in [0.05, 0.1) is 0 Å². The van der Waals surface area contributed by atoms with Crippen LogP contribution in [0.5, 0.6) is 0 Å². The van der Waals surface area contributed by atoms with Crippen LogP contribution in [0.4, 0.5) is 22.0 Å². The Balaban J connectivity index is 3.40. The first-order valence-corrected chi connectivity index (χ1v) is 3.43. The Bertz CT molecular complexity index is 443. The zero-order valence-electron chi connectivity index (χ0n) is 6.78. The van der Waals surface area contributed by atoms with E-state index in [9.17, 15) is 31.5 Å². The molecule has 0 radical (unpaired) electrons. The Labute approximate surface area is 77.8 Å². The molecule has 0 atom stereocenters. The van der Waals surface area contributed by atoms with Crippen molar-refractivity contribution in [2.24, 2.45) is 0 Å². The molecule has 1 rings (SSSR count). The van der Waals surface area contributed by atoms with Crippen molar-refractivity contribution >= 4 is 0 Å². The van der Waals surface area contributed by atoms with Gasteiger partial charge < -0.3 is 4.98 Å². The molecular weight excluding hydrogens is 227 g/mol. The van der Waals surface area contributed by atoms with E-state index in [2.05, 4.69) is 0 Å². The van der Waals surface area contributed by atoms with Crippen molar-refractivity contribution in [1.29, 1.82) is 0 Å². The third-order valence-electron chi connectivity index (χ3n) is 1.45. The number of halogens is 5. The molecule has 0 unspecified atom stereocenters. The van der Waals surface area contributed by atoms with E-state index in [1.165, 1.54) is 9.97 Å². The lowest BCUT2D eigenvalue weighted by atomic mass is 10.2. The molecule has 1 heterocycles. The van der Waals surface area contributed by atoms with Crippen molar-refractivity contribution in [3.8, 4) is 0 Å². The number of H-pyrrole nitrogens is 2. The van der Waals surface area contributed by atoms with Crippen LogP contribution in [0, 0.1) is 0 Å². The maximum absolute atomic E-state index is 12.6. The fourth-order valence-electron chi connectivity index (χ4n) is 0.791. The predicted octanol–water partition coefficient (Wildman–Crippen LogP) is 0.717. The molecule has 9 heteroatoms. The fraction of sp³-hybridized carbons (Fsp3) is 0.333. The smallest absolute Gasteiger partial charge is 0.305 e. The summed E-state index contributed by atoms with van der Waals surface area (Å²) in [6, 6.07) is -0.0190. The molecule has 0 aliphatic rings. The Kier molecular flexibility index (Phi) is 2.41. The summed E-state index contributed by atoms with van der Waals surface area (Å²) < 4.78 is 60.5. The summed E-state index contributed by atoms with van der Waals surface area (Å²) >= 11 is 0. The van der Waals surface area contributed by atoms with E-state index in [1.54, 1.807) is 0 Å². The molecule has 1 aromatic rings. The van der Waals surface area contributed by atoms with Gasteiger partial charge >= 0.3 is 17.8 Å². The Hall–Kier alpha value is -1.67. The standard InChI is InChI=1S/C6H3F5N2O2/c7-5(8,6(9,10)11)2-1-3(14)13-4(15)12-2/h1H,(H2,12,13,14,15). The monoisotopic (exact) mass is 230 g/mol. The second kappa shape index (κ2) is 3.17. The van der Waals surface area contributed by atoms with Gasteiger partial charge in [-0.2, -0.15) is 22.0 Å². The molecule has 1 aromatic heterocycles. The predicted molar refractivity (Wildman–Crippen MR) is 37.6 cm³/mol. The first kappa shape index (κ1) is 11.4. The molecule has 0 fully saturated rings. The van der Waals surface area contributed by atoms with E-state index in [-0.39, 0.29) is 6.07 Å². The molecule has 0 amide bonds. The molecule has 0 aliphatic heterocycles. The molecule has 2 N–H and O–H groups in total. The van der Waals surface area contributed by atoms with E-state index in [4.69, 9.17) is 0 Å². The van der Waals surface area contributed by atoms with Crippen LogP contribution >= 0.6 is 0 Å². The third-order valence-corrected chi connectivity index (χ3v) is 1.45. The Morgan fingerprint density at radius 1 is 1.00 bits per heavy atom. The van der Waals surface area contributed by atoms with Crippen LogP contribution < -0.4 is 11.2 Å². The number of alkyl halides is 5. The maximum atomic E-state index is 12.6. The summed E-state index contributed by atoms with van der Waals surface area (Å²) in [7, 11) is 0. The first-order chi connectivity index (χ1) is 6.64. The number of aromatic nitrogens is 2. The Morgan fingerprint density at radius 2 is 1.53 bits per heavy atom. The summed E-state index contributed by atoms with van der Waals surface area (Å²) in [4.78, 5) is 23.7. The highest BCUT2D eigenvalue weighted by atomic mass is 19.4. The van der Waals surface area contributed by atoms with Gasteiger partial charge in [0.1, 0.15) is 5.69 Å². The van der Waals surface area contributed by atoms with Crippen LogP contribution in [-0.2, 0) is 5.92 Å². The van der Waals surface area contributed by atoms with Crippen molar-refractivity contribution in [3.63, 3.8) is 0 Å². The second-order valence-electron chi connectivity index (χ2n) is 2.57. The molecule has 0 saturated carbocycles. The van der Waals surface area contributed by atoms with Gasteiger partial charge in [0, 0.05) is 6.07 Å². The number of rotatable bonds is 1. The maximum Gasteiger partial charge on any atom is 0.459 e. The quantitative estimate of drug-likeness (QED) is 0.698. The van der Waals surface area contributed by atoms with E-state index in [0.29, 0.717) is 0 Å². The van der Waals surface area contributed by atoms with Gasteiger partial charge in [-0.05, 0) is 0 Å². The van der Waals surface area contributed by atoms with E-state index in [0.717, 1.165) is 0 Å². The van der Waals surface area contributed by atoms with Gasteiger partial charge in [0.2, 0.25) is 0 Å². The number of aromatic amines is 2. The van der Waals surface area contributed by atoms with Crippen LogP contribution in [0.15, 0.2) is 15.7 Å². The number of hydrogen-bond acceptors (Lipinski definition) is 2. The Morgan fingerprint density at radius 3 is 1.93 bits per heavy atom. The van der Waals surface area contributed by atoms with Crippen molar-refractivity contribution in [2.45, 2.75) is 12.1 Å². The molecule has 0 aliphatic carbocycles. The highest BCUT2D eigenvalue weighted by molar-refractivity contribution is 5.09. The summed E-state index contributed by atoms with van der Waals surface area (Å²) in [6.07, 6.45) is -5.87. The summed E-state index contributed by atoms with van der Waals surface area (Å²) in [5, 5.41) is 0. The molecule has 0 aromatic carbocycles. The van der Waals surface area contributed by atoms with Gasteiger partial charge in [-0.3, -0.25) is 9.78 Å². The zero-order valence-corrected chi connectivity index (χ0v) is 6.78. The van der Waals surface area contributed by atoms with Gasteiger partial charge in [0.25, 0.3) is 5.56 Å². The summed E-state index contributed by atoms with van der Waals surface area (Å²) in [5.74, 6) is -5.26. The minimum atomic E-state index is -5.87. The van der Waals surface area contributed by atoms with Gasteiger partial charge in [-0.25, -0.2) is 4.79 Å². The van der Waals surface area contributed by atoms with Crippen molar-refractivity contribution in [2.75, 3.05) is 0 Å². The average Bonchev–Trinajstić information content (AvgIpc) is 1.99. The molecule has 84 valence electrons. The van der Waals surface area contributed by atoms with Crippen LogP contribution in [0.2, 0.25) is 0 Å². The number of hydrogen-bond donors (Lipinski definition) is 2. The molecule has 0 saturated heterocycles. The highest BCUT2D eigenvalue weighted by Gasteiger charge is 2.59. The third kappa shape index (κ3) is 2.05. The van der Waals surface area contributed by atoms with Crippen LogP contribution in [-0.4, -0.2) is 16.1 Å². The van der Waals surface area contributed by atoms with Crippen molar-refractivity contribution in [1.82, 2.24) is 9.97 Å². The van der Waals surface area contributed by atoms with E-state index < -0.39 is 29.0 Å². The largest absolute Gasteiger partial charge is 0.459 e. The summed E-state index contributed by atoms with van der Waals surface area (Å²) in [5.41, 5.74) is -4.55. The van der Waals surface area contributed by atoms with Gasteiger partial charge in [0.15, 0.2) is 0 Å². The minimum Gasteiger partial charge on any atom is -0.305 e. The lowest BCUT2D eigenvalue weighted by molar-refractivity contribution is -0.291. The number of nitrogens with one attached hydrogen (secondary N) is 2. The second-order valence-corrected chi connectivity index (χ2v) is 2.57. The minimum absolute atomic E-state index is 0.0190. The molecule has 0 bridgehead atoms. The molecular formula is C6H3F5N2O2. The van der Waals surface area contributed by atoms with Crippen LogP contribution in [0.25, 0.3) is 0 Å². The molecule has 4 nitrogen and oxygen atoms in total. The van der Waals surface area contributed by atoms with Crippen molar-refractivity contribution < 1.29 is 22.0 Å². The average molecular weight is 230 g/mol. The highest BCUT2D eigenvalue weighted by Crippen LogP contribution is 2.42. The fourth-order valence-corrected chi connectivity index (χ4v) is 0.791. The van der Waals surface area contributed by atoms with E-state index >= 15 is 0 Å². The molecule has 0 spiro atoms. The SMILES string of the molecule is O=c1cc(C(F)(F)C(F)(F)F)[nH]c(=O)[nH]1. The van der Waals surface area contributed by atoms with Crippen LogP contribution in [0.1, 0.15) is 5.69 Å².